The molecule has 2 N–H and O–H groups in total. The fourth-order valence-corrected chi connectivity index (χ4v) is 3.58. The van der Waals surface area contributed by atoms with Crippen molar-refractivity contribution in [2.24, 2.45) is 0 Å². The first-order chi connectivity index (χ1) is 14.5. The summed E-state index contributed by atoms with van der Waals surface area (Å²) in [6, 6.07) is 2.86. The third-order valence-corrected chi connectivity index (χ3v) is 5.04. The maximum atomic E-state index is 13.3. The van der Waals surface area contributed by atoms with E-state index < -0.39 is 67.7 Å². The Balaban J connectivity index is 2.29. The van der Waals surface area contributed by atoms with Crippen molar-refractivity contribution in [2.75, 3.05) is 6.54 Å². The molecule has 184 valence electrons. The van der Waals surface area contributed by atoms with Gasteiger partial charge in [-0.25, -0.2) is 13.8 Å². The average molecular weight is 486 g/mol. The van der Waals surface area contributed by atoms with Crippen LogP contribution in [0, 0.1) is 0 Å². The maximum Gasteiger partial charge on any atom is 0.433 e. The van der Waals surface area contributed by atoms with Gasteiger partial charge in [0.15, 0.2) is 6.10 Å². The van der Waals surface area contributed by atoms with Crippen LogP contribution in [0.4, 0.5) is 43.9 Å². The van der Waals surface area contributed by atoms with Crippen LogP contribution < -0.4 is 5.32 Å². The number of ether oxygens (including phenoxy) is 1. The van der Waals surface area contributed by atoms with Crippen molar-refractivity contribution < 1.29 is 53.7 Å². The fraction of sp³-hybridized carbons (Fsp3) is 0.722. The van der Waals surface area contributed by atoms with E-state index in [1.54, 1.807) is 0 Å². The van der Waals surface area contributed by atoms with E-state index in [4.69, 9.17) is 0 Å². The van der Waals surface area contributed by atoms with E-state index in [1.165, 1.54) is 0 Å². The summed E-state index contributed by atoms with van der Waals surface area (Å²) in [5, 5.41) is 11.7. The highest BCUT2D eigenvalue weighted by molar-refractivity contribution is 5.17. The normalized spacial score (nSPS) is 24.1. The summed E-state index contributed by atoms with van der Waals surface area (Å²) in [5.41, 5.74) is -3.05. The first-order valence-electron chi connectivity index (χ1n) is 9.41. The van der Waals surface area contributed by atoms with Gasteiger partial charge in [0, 0.05) is 24.2 Å². The number of aliphatic hydroxyl groups is 1. The smallest absolute Gasteiger partial charge is 0.382 e. The van der Waals surface area contributed by atoms with Crippen LogP contribution in [0.15, 0.2) is 18.2 Å². The Hall–Kier alpha value is -1.67. The van der Waals surface area contributed by atoms with Crippen molar-refractivity contribution in [3.63, 3.8) is 0 Å². The number of pyridine rings is 1. The summed E-state index contributed by atoms with van der Waals surface area (Å²) in [5.74, 6) is 0. The van der Waals surface area contributed by atoms with Crippen molar-refractivity contribution >= 4 is 0 Å². The second-order valence-electron chi connectivity index (χ2n) is 7.61. The highest BCUT2D eigenvalue weighted by Crippen LogP contribution is 2.38. The molecular weight excluding hydrogens is 466 g/mol. The second kappa shape index (κ2) is 9.67. The fourth-order valence-electron chi connectivity index (χ4n) is 3.58. The lowest BCUT2D eigenvalue weighted by Crippen LogP contribution is -2.56. The van der Waals surface area contributed by atoms with Gasteiger partial charge in [0.2, 0.25) is 0 Å². The zero-order valence-corrected chi connectivity index (χ0v) is 16.3. The van der Waals surface area contributed by atoms with Gasteiger partial charge in [0.25, 0.3) is 0 Å². The van der Waals surface area contributed by atoms with Crippen LogP contribution in [0.5, 0.6) is 0 Å². The van der Waals surface area contributed by atoms with Crippen LogP contribution in [0.25, 0.3) is 0 Å². The minimum absolute atomic E-state index is 0.00435. The molecule has 1 aromatic heterocycles. The Labute approximate surface area is 176 Å². The summed E-state index contributed by atoms with van der Waals surface area (Å²) in [4.78, 5) is 3.43. The zero-order chi connectivity index (χ0) is 24.4. The summed E-state index contributed by atoms with van der Waals surface area (Å²) >= 11 is 0. The molecule has 1 aliphatic rings. The van der Waals surface area contributed by atoms with Crippen LogP contribution in [-0.4, -0.2) is 53.1 Å². The molecule has 0 amide bonds. The minimum atomic E-state index is -5.02. The number of hydrogen-bond donors (Lipinski definition) is 2. The van der Waals surface area contributed by atoms with Gasteiger partial charge in [-0.05, 0) is 37.8 Å². The van der Waals surface area contributed by atoms with Crippen LogP contribution in [0.1, 0.15) is 37.1 Å². The Kier molecular flexibility index (Phi) is 8.04. The Morgan fingerprint density at radius 1 is 1.12 bits per heavy atom. The summed E-state index contributed by atoms with van der Waals surface area (Å²) in [6.45, 7) is -1.10. The Bertz CT molecular complexity index is 756. The number of β-amino-alcohol motifs (C(OH)–C–C–N with tert-alkyl or cyclic N) is 1. The second-order valence-corrected chi connectivity index (χ2v) is 7.61. The number of nitrogens with zero attached hydrogens (tertiary/aromatic N) is 1. The molecule has 3 unspecified atom stereocenters. The molecule has 14 heteroatoms. The molecule has 0 saturated heterocycles. The molecule has 32 heavy (non-hydrogen) atoms. The van der Waals surface area contributed by atoms with Gasteiger partial charge < -0.3 is 15.2 Å². The lowest BCUT2D eigenvalue weighted by molar-refractivity contribution is -0.323. The van der Waals surface area contributed by atoms with Gasteiger partial charge in [-0.15, -0.1) is 0 Å². The van der Waals surface area contributed by atoms with E-state index in [1.807, 2.05) is 0 Å². The van der Waals surface area contributed by atoms with Crippen molar-refractivity contribution in [1.29, 1.82) is 0 Å². The Morgan fingerprint density at radius 3 is 2.34 bits per heavy atom. The summed E-state index contributed by atoms with van der Waals surface area (Å²) in [6.07, 6.45) is -24.2. The van der Waals surface area contributed by atoms with E-state index in [2.05, 4.69) is 15.0 Å². The standard InChI is InChI=1S/C18H20F10N2O2/c19-14(20)18(27,28)32-11-4-2-6-15(8-11,29-9-13(31)17(24,25)26)7-10-3-1-5-12(30-10)16(21,22)23/h1,3,5,11,13-14,29,31H,2,4,6-9H2. The van der Waals surface area contributed by atoms with Crippen molar-refractivity contribution in [2.45, 2.75) is 74.7 Å². The molecule has 4 nitrogen and oxygen atoms in total. The van der Waals surface area contributed by atoms with E-state index in [0.29, 0.717) is 6.07 Å². The lowest BCUT2D eigenvalue weighted by Gasteiger charge is -2.43. The largest absolute Gasteiger partial charge is 0.433 e. The van der Waals surface area contributed by atoms with Crippen molar-refractivity contribution in [3.05, 3.63) is 29.6 Å². The van der Waals surface area contributed by atoms with E-state index >= 15 is 0 Å². The SMILES string of the molecule is OC(CNC1(Cc2cccc(C(F)(F)F)n2)CCCC(OC(F)(F)C(F)F)C1)C(F)(F)F. The number of halogens is 10. The quantitative estimate of drug-likeness (QED) is 0.523. The number of aliphatic hydroxyl groups excluding tert-OH is 1. The van der Waals surface area contributed by atoms with Gasteiger partial charge >= 0.3 is 24.9 Å². The molecule has 0 bridgehead atoms. The minimum Gasteiger partial charge on any atom is -0.382 e. The molecule has 1 fully saturated rings. The first-order valence-corrected chi connectivity index (χ1v) is 9.41. The molecule has 0 aromatic carbocycles. The average Bonchev–Trinajstić information content (AvgIpc) is 2.64. The van der Waals surface area contributed by atoms with Gasteiger partial charge in [0.05, 0.1) is 6.10 Å². The monoisotopic (exact) mass is 486 g/mol. The molecular formula is C18H20F10N2O2. The van der Waals surface area contributed by atoms with Gasteiger partial charge in [0.1, 0.15) is 5.69 Å². The Morgan fingerprint density at radius 2 is 1.78 bits per heavy atom. The topological polar surface area (TPSA) is 54.4 Å². The van der Waals surface area contributed by atoms with E-state index in [-0.39, 0.29) is 25.0 Å². The molecule has 0 radical (unpaired) electrons. The van der Waals surface area contributed by atoms with E-state index in [9.17, 15) is 49.0 Å². The molecule has 1 aliphatic carbocycles. The van der Waals surface area contributed by atoms with Gasteiger partial charge in [-0.2, -0.15) is 35.1 Å². The molecule has 1 saturated carbocycles. The number of nitrogens with one attached hydrogen (secondary N) is 1. The van der Waals surface area contributed by atoms with Crippen LogP contribution >= 0.6 is 0 Å². The van der Waals surface area contributed by atoms with Crippen molar-refractivity contribution in [3.8, 4) is 0 Å². The van der Waals surface area contributed by atoms with Crippen LogP contribution in [0.3, 0.4) is 0 Å². The molecule has 1 heterocycles. The van der Waals surface area contributed by atoms with Gasteiger partial charge in [-0.3, -0.25) is 0 Å². The maximum absolute atomic E-state index is 13.3. The third kappa shape index (κ3) is 7.17. The number of rotatable bonds is 8. The molecule has 3 atom stereocenters. The first kappa shape index (κ1) is 26.6. The molecule has 0 aliphatic heterocycles. The third-order valence-electron chi connectivity index (χ3n) is 5.04. The van der Waals surface area contributed by atoms with E-state index in [0.717, 1.165) is 12.1 Å². The van der Waals surface area contributed by atoms with Crippen LogP contribution in [0.2, 0.25) is 0 Å². The zero-order valence-electron chi connectivity index (χ0n) is 16.3. The predicted molar refractivity (Wildman–Crippen MR) is 90.0 cm³/mol. The molecule has 1 aromatic rings. The highest BCUT2D eigenvalue weighted by atomic mass is 19.4. The van der Waals surface area contributed by atoms with Crippen LogP contribution in [-0.2, 0) is 17.3 Å². The predicted octanol–water partition coefficient (Wildman–Crippen LogP) is 4.71. The summed E-state index contributed by atoms with van der Waals surface area (Å²) in [7, 11) is 0. The lowest BCUT2D eigenvalue weighted by atomic mass is 9.76. The molecule has 0 spiro atoms. The number of alkyl halides is 10. The number of aromatic nitrogens is 1. The summed E-state index contributed by atoms with van der Waals surface area (Å²) < 4.78 is 133. The molecule has 2 rings (SSSR count). The highest BCUT2D eigenvalue weighted by Gasteiger charge is 2.48. The van der Waals surface area contributed by atoms with Crippen molar-refractivity contribution in [1.82, 2.24) is 10.3 Å². The number of hydrogen-bond acceptors (Lipinski definition) is 4. The van der Waals surface area contributed by atoms with Gasteiger partial charge in [-0.1, -0.05) is 6.07 Å².